The number of ether oxygens (including phenoxy) is 2. The lowest BCUT2D eigenvalue weighted by Gasteiger charge is -2.22. The Hall–Kier alpha value is -3.55. The Morgan fingerprint density at radius 2 is 1.77 bits per heavy atom. The first-order valence-corrected chi connectivity index (χ1v) is 10.3. The Morgan fingerprint density at radius 3 is 2.48 bits per heavy atom. The minimum atomic E-state index is -0.668. The lowest BCUT2D eigenvalue weighted by Crippen LogP contribution is -2.42. The van der Waals surface area contributed by atoms with Crippen molar-refractivity contribution in [3.8, 4) is 11.5 Å². The Kier molecular flexibility index (Phi) is 5.54. The van der Waals surface area contributed by atoms with Gasteiger partial charge < -0.3 is 14.8 Å². The minimum Gasteiger partial charge on any atom is -0.486 e. The summed E-state index contributed by atoms with van der Waals surface area (Å²) in [5.41, 5.74) is 2.52. The summed E-state index contributed by atoms with van der Waals surface area (Å²) in [4.78, 5) is 40.6. The van der Waals surface area contributed by atoms with E-state index >= 15 is 0 Å². The molecule has 8 nitrogen and oxygen atoms in total. The summed E-state index contributed by atoms with van der Waals surface area (Å²) in [6.07, 6.45) is 0. The maximum absolute atomic E-state index is 12.9. The fraction of sp³-hybridized carbons (Fsp3) is 0.348. The highest BCUT2D eigenvalue weighted by molar-refractivity contribution is 6.15. The number of amides is 4. The van der Waals surface area contributed by atoms with Crippen molar-refractivity contribution >= 4 is 23.5 Å². The first kappa shape index (κ1) is 20.7. The van der Waals surface area contributed by atoms with E-state index in [0.29, 0.717) is 30.4 Å². The topological polar surface area (TPSA) is 88.2 Å². The van der Waals surface area contributed by atoms with E-state index in [1.165, 1.54) is 4.90 Å². The molecule has 4 amide bonds. The number of rotatable bonds is 5. The second-order valence-corrected chi connectivity index (χ2v) is 7.78. The molecule has 2 aromatic rings. The zero-order chi connectivity index (χ0) is 22.1. The van der Waals surface area contributed by atoms with Crippen LogP contribution in [0.5, 0.6) is 11.5 Å². The fourth-order valence-corrected chi connectivity index (χ4v) is 3.75. The number of carbonyl (C=O) groups is 3. The Bertz CT molecular complexity index is 1020. The molecule has 0 saturated carbocycles. The predicted octanol–water partition coefficient (Wildman–Crippen LogP) is 2.80. The van der Waals surface area contributed by atoms with Crippen molar-refractivity contribution in [2.24, 2.45) is 0 Å². The van der Waals surface area contributed by atoms with Gasteiger partial charge in [-0.05, 0) is 50.6 Å². The predicted molar refractivity (Wildman–Crippen MR) is 114 cm³/mol. The average Bonchev–Trinajstić information content (AvgIpc) is 2.97. The van der Waals surface area contributed by atoms with Crippen LogP contribution in [0.15, 0.2) is 42.5 Å². The van der Waals surface area contributed by atoms with Crippen molar-refractivity contribution in [1.29, 1.82) is 0 Å². The number of benzene rings is 2. The molecular weight excluding hydrogens is 398 g/mol. The fourth-order valence-electron chi connectivity index (χ4n) is 3.75. The highest BCUT2D eigenvalue weighted by Gasteiger charge is 2.44. The van der Waals surface area contributed by atoms with E-state index < -0.39 is 23.9 Å². The molecule has 4 rings (SSSR count). The molecule has 2 aromatic carbocycles. The molecule has 1 saturated heterocycles. The smallest absolute Gasteiger partial charge is 0.332 e. The molecule has 1 N–H and O–H groups in total. The van der Waals surface area contributed by atoms with Gasteiger partial charge in [-0.25, -0.2) is 4.79 Å². The van der Waals surface area contributed by atoms with Gasteiger partial charge in [-0.15, -0.1) is 0 Å². The number of hydrogen-bond donors (Lipinski definition) is 1. The van der Waals surface area contributed by atoms with Gasteiger partial charge in [0.25, 0.3) is 5.91 Å². The van der Waals surface area contributed by atoms with Crippen molar-refractivity contribution in [3.05, 3.63) is 53.6 Å². The molecule has 0 radical (unpaired) electrons. The number of imide groups is 1. The van der Waals surface area contributed by atoms with Crippen LogP contribution >= 0.6 is 0 Å². The summed E-state index contributed by atoms with van der Waals surface area (Å²) in [7, 11) is 0. The third-order valence-electron chi connectivity index (χ3n) is 5.51. The summed E-state index contributed by atoms with van der Waals surface area (Å²) in [5, 5.41) is 2.85. The zero-order valence-corrected chi connectivity index (χ0v) is 17.8. The van der Waals surface area contributed by atoms with Crippen LogP contribution in [0.1, 0.15) is 31.0 Å². The summed E-state index contributed by atoms with van der Waals surface area (Å²) in [5.74, 6) is 0.499. The Labute approximate surface area is 180 Å². The maximum atomic E-state index is 12.9. The molecule has 2 heterocycles. The van der Waals surface area contributed by atoms with E-state index in [-0.39, 0.29) is 12.6 Å². The van der Waals surface area contributed by atoms with Crippen LogP contribution in [0.3, 0.4) is 0 Å². The van der Waals surface area contributed by atoms with Gasteiger partial charge in [-0.1, -0.05) is 23.8 Å². The van der Waals surface area contributed by atoms with Gasteiger partial charge >= 0.3 is 6.03 Å². The van der Waals surface area contributed by atoms with Crippen molar-refractivity contribution < 1.29 is 23.9 Å². The normalized spacial score (nSPS) is 18.9. The number of aryl methyl sites for hydroxylation is 1. The van der Waals surface area contributed by atoms with Gasteiger partial charge in [0.2, 0.25) is 5.91 Å². The van der Waals surface area contributed by atoms with E-state index in [2.05, 4.69) is 5.32 Å². The van der Waals surface area contributed by atoms with Crippen LogP contribution < -0.4 is 19.7 Å². The van der Waals surface area contributed by atoms with Crippen molar-refractivity contribution in [1.82, 2.24) is 10.2 Å². The van der Waals surface area contributed by atoms with Crippen molar-refractivity contribution in [2.75, 3.05) is 24.7 Å². The summed E-state index contributed by atoms with van der Waals surface area (Å²) >= 11 is 0. The monoisotopic (exact) mass is 423 g/mol. The first-order chi connectivity index (χ1) is 14.8. The minimum absolute atomic E-state index is 0.332. The standard InChI is InChI=1S/C23H25N3O5/c1-14-4-7-18(8-5-14)26-16(3)22(28)25(23(26)29)13-21(27)24-15(2)17-6-9-19-20(12-17)31-11-10-30-19/h4-9,12,15-16H,10-11,13H2,1-3H3,(H,24,27)/t15-,16-/m0/s1. The molecule has 2 aliphatic heterocycles. The summed E-state index contributed by atoms with van der Waals surface area (Å²) < 4.78 is 11.1. The second-order valence-electron chi connectivity index (χ2n) is 7.78. The third kappa shape index (κ3) is 4.05. The number of carbonyl (C=O) groups excluding carboxylic acids is 3. The molecule has 162 valence electrons. The number of anilines is 1. The number of urea groups is 1. The van der Waals surface area contributed by atoms with Gasteiger partial charge in [-0.3, -0.25) is 19.4 Å². The van der Waals surface area contributed by atoms with Crippen LogP contribution in [0.25, 0.3) is 0 Å². The SMILES string of the molecule is Cc1ccc(N2C(=O)N(CC(=O)N[C@@H](C)c3ccc4c(c3)OCCO4)C(=O)[C@@H]2C)cc1. The van der Waals surface area contributed by atoms with Gasteiger partial charge in [0, 0.05) is 5.69 Å². The molecule has 2 aliphatic rings. The highest BCUT2D eigenvalue weighted by atomic mass is 16.6. The van der Waals surface area contributed by atoms with E-state index in [1.54, 1.807) is 25.1 Å². The summed E-state index contributed by atoms with van der Waals surface area (Å²) in [6, 6.07) is 11.3. The van der Waals surface area contributed by atoms with Crippen LogP contribution in [-0.2, 0) is 9.59 Å². The molecule has 1 fully saturated rings. The second kappa shape index (κ2) is 8.29. The van der Waals surface area contributed by atoms with E-state index in [4.69, 9.17) is 9.47 Å². The van der Waals surface area contributed by atoms with Crippen molar-refractivity contribution in [2.45, 2.75) is 32.9 Å². The highest BCUT2D eigenvalue weighted by Crippen LogP contribution is 2.32. The third-order valence-corrected chi connectivity index (χ3v) is 5.51. The van der Waals surface area contributed by atoms with E-state index in [9.17, 15) is 14.4 Å². The molecule has 0 spiro atoms. The molecule has 8 heteroatoms. The van der Waals surface area contributed by atoms with Crippen LogP contribution in [0, 0.1) is 6.92 Å². The van der Waals surface area contributed by atoms with Crippen LogP contribution in [0.4, 0.5) is 10.5 Å². The quantitative estimate of drug-likeness (QED) is 0.747. The van der Waals surface area contributed by atoms with E-state index in [0.717, 1.165) is 16.0 Å². The Morgan fingerprint density at radius 1 is 1.10 bits per heavy atom. The molecular formula is C23H25N3O5. The molecule has 31 heavy (non-hydrogen) atoms. The molecule has 0 unspecified atom stereocenters. The number of hydrogen-bond acceptors (Lipinski definition) is 5. The number of nitrogens with zero attached hydrogens (tertiary/aromatic N) is 2. The summed E-state index contributed by atoms with van der Waals surface area (Å²) in [6.45, 7) is 6.09. The molecule has 0 bridgehead atoms. The first-order valence-electron chi connectivity index (χ1n) is 10.3. The number of fused-ring (bicyclic) bond motifs is 1. The van der Waals surface area contributed by atoms with Gasteiger partial charge in [0.1, 0.15) is 25.8 Å². The molecule has 2 atom stereocenters. The average molecular weight is 423 g/mol. The van der Waals surface area contributed by atoms with Crippen LogP contribution in [0.2, 0.25) is 0 Å². The number of nitrogens with one attached hydrogen (secondary N) is 1. The van der Waals surface area contributed by atoms with Crippen molar-refractivity contribution in [3.63, 3.8) is 0 Å². The van der Waals surface area contributed by atoms with E-state index in [1.807, 2.05) is 38.1 Å². The molecule has 0 aliphatic carbocycles. The van der Waals surface area contributed by atoms with Crippen LogP contribution in [-0.4, -0.2) is 48.5 Å². The lowest BCUT2D eigenvalue weighted by molar-refractivity contribution is -0.132. The zero-order valence-electron chi connectivity index (χ0n) is 17.8. The van der Waals surface area contributed by atoms with Gasteiger partial charge in [0.05, 0.1) is 6.04 Å². The lowest BCUT2D eigenvalue weighted by atomic mass is 10.1. The van der Waals surface area contributed by atoms with Gasteiger partial charge in [-0.2, -0.15) is 0 Å². The Balaban J connectivity index is 1.42. The largest absolute Gasteiger partial charge is 0.486 e. The molecule has 0 aromatic heterocycles. The van der Waals surface area contributed by atoms with Gasteiger partial charge in [0.15, 0.2) is 11.5 Å². The maximum Gasteiger partial charge on any atom is 0.332 e.